The van der Waals surface area contributed by atoms with Gasteiger partial charge in [0.25, 0.3) is 0 Å². The summed E-state index contributed by atoms with van der Waals surface area (Å²) in [5, 5.41) is 3.38. The first-order chi connectivity index (χ1) is 6.86. The normalized spacial score (nSPS) is 10.1. The molecule has 0 aliphatic rings. The van der Waals surface area contributed by atoms with Crippen molar-refractivity contribution in [3.05, 3.63) is 29.8 Å². The van der Waals surface area contributed by atoms with Crippen LogP contribution < -0.4 is 10.1 Å². The van der Waals surface area contributed by atoms with E-state index in [2.05, 4.69) is 24.4 Å². The van der Waals surface area contributed by atoms with Gasteiger partial charge < -0.3 is 10.1 Å². The third-order valence-corrected chi connectivity index (χ3v) is 2.18. The van der Waals surface area contributed by atoms with Gasteiger partial charge in [-0.2, -0.15) is 0 Å². The fraction of sp³-hybridized carbons (Fsp3) is 0.500. The third-order valence-electron chi connectivity index (χ3n) is 2.18. The zero-order valence-corrected chi connectivity index (χ0v) is 9.05. The standard InChI is InChI=1S/C12H19NO/c1-3-9-13-10-8-11-4-6-12(14-2)7-5-11/h4-7,13H,3,8-10H2,1-2H3. The van der Waals surface area contributed by atoms with E-state index < -0.39 is 0 Å². The molecule has 0 aliphatic carbocycles. The lowest BCUT2D eigenvalue weighted by molar-refractivity contribution is 0.414. The van der Waals surface area contributed by atoms with Crippen LogP contribution in [-0.4, -0.2) is 20.2 Å². The van der Waals surface area contributed by atoms with Gasteiger partial charge in [-0.1, -0.05) is 19.1 Å². The van der Waals surface area contributed by atoms with Gasteiger partial charge in [0.2, 0.25) is 0 Å². The number of methoxy groups -OCH3 is 1. The van der Waals surface area contributed by atoms with Crippen LogP contribution in [0.5, 0.6) is 5.75 Å². The molecule has 1 rings (SSSR count). The molecule has 0 fully saturated rings. The van der Waals surface area contributed by atoms with Crippen molar-refractivity contribution in [2.45, 2.75) is 19.8 Å². The van der Waals surface area contributed by atoms with Gasteiger partial charge in [-0.3, -0.25) is 0 Å². The predicted molar refractivity (Wildman–Crippen MR) is 59.9 cm³/mol. The molecule has 0 aliphatic heterocycles. The molecule has 2 nitrogen and oxygen atoms in total. The monoisotopic (exact) mass is 193 g/mol. The van der Waals surface area contributed by atoms with E-state index in [4.69, 9.17) is 4.74 Å². The average molecular weight is 193 g/mol. The zero-order valence-electron chi connectivity index (χ0n) is 9.05. The summed E-state index contributed by atoms with van der Waals surface area (Å²) in [6.45, 7) is 4.34. The number of rotatable bonds is 6. The van der Waals surface area contributed by atoms with Crippen molar-refractivity contribution in [1.29, 1.82) is 0 Å². The molecule has 0 spiro atoms. The molecule has 1 N–H and O–H groups in total. The van der Waals surface area contributed by atoms with Gasteiger partial charge in [-0.05, 0) is 43.6 Å². The molecule has 0 bridgehead atoms. The van der Waals surface area contributed by atoms with Gasteiger partial charge in [-0.15, -0.1) is 0 Å². The van der Waals surface area contributed by atoms with Crippen LogP contribution in [0.2, 0.25) is 0 Å². The van der Waals surface area contributed by atoms with Crippen LogP contribution in [0.4, 0.5) is 0 Å². The smallest absolute Gasteiger partial charge is 0.118 e. The summed E-state index contributed by atoms with van der Waals surface area (Å²) in [5.41, 5.74) is 1.36. The summed E-state index contributed by atoms with van der Waals surface area (Å²) in [6.07, 6.45) is 2.28. The average Bonchev–Trinajstić information content (AvgIpc) is 2.25. The second kappa shape index (κ2) is 6.44. The van der Waals surface area contributed by atoms with Crippen molar-refractivity contribution >= 4 is 0 Å². The van der Waals surface area contributed by atoms with Crippen LogP contribution in [0.15, 0.2) is 24.3 Å². The Morgan fingerprint density at radius 3 is 2.43 bits per heavy atom. The Hall–Kier alpha value is -1.02. The van der Waals surface area contributed by atoms with E-state index in [-0.39, 0.29) is 0 Å². The number of nitrogens with one attached hydrogen (secondary N) is 1. The number of benzene rings is 1. The molecule has 0 saturated heterocycles. The number of hydrogen-bond acceptors (Lipinski definition) is 2. The molecule has 1 aromatic rings. The van der Waals surface area contributed by atoms with Crippen LogP contribution in [0, 0.1) is 0 Å². The lowest BCUT2D eigenvalue weighted by Gasteiger charge is -2.04. The van der Waals surface area contributed by atoms with Crippen molar-refractivity contribution in [2.24, 2.45) is 0 Å². The van der Waals surface area contributed by atoms with E-state index in [1.54, 1.807) is 7.11 Å². The lowest BCUT2D eigenvalue weighted by Crippen LogP contribution is -2.17. The van der Waals surface area contributed by atoms with Gasteiger partial charge in [-0.25, -0.2) is 0 Å². The van der Waals surface area contributed by atoms with Gasteiger partial charge in [0.05, 0.1) is 7.11 Å². The molecule has 1 aromatic carbocycles. The first kappa shape index (κ1) is 11.1. The van der Waals surface area contributed by atoms with Gasteiger partial charge in [0.1, 0.15) is 5.75 Å². The summed E-state index contributed by atoms with van der Waals surface area (Å²) >= 11 is 0. The van der Waals surface area contributed by atoms with Gasteiger partial charge >= 0.3 is 0 Å². The Balaban J connectivity index is 2.29. The predicted octanol–water partition coefficient (Wildman–Crippen LogP) is 2.24. The maximum Gasteiger partial charge on any atom is 0.118 e. The van der Waals surface area contributed by atoms with Crippen LogP contribution >= 0.6 is 0 Å². The van der Waals surface area contributed by atoms with Gasteiger partial charge in [0.15, 0.2) is 0 Å². The molecule has 0 saturated carbocycles. The SMILES string of the molecule is CCCNCCc1ccc(OC)cc1. The first-order valence-electron chi connectivity index (χ1n) is 5.20. The molecular formula is C12H19NO. The summed E-state index contributed by atoms with van der Waals surface area (Å²) in [5.74, 6) is 0.926. The Morgan fingerprint density at radius 2 is 1.86 bits per heavy atom. The fourth-order valence-corrected chi connectivity index (χ4v) is 1.33. The van der Waals surface area contributed by atoms with E-state index in [0.717, 1.165) is 25.3 Å². The quantitative estimate of drug-likeness (QED) is 0.700. The first-order valence-corrected chi connectivity index (χ1v) is 5.20. The fourth-order valence-electron chi connectivity index (χ4n) is 1.33. The van der Waals surface area contributed by atoms with Crippen LogP contribution in [-0.2, 0) is 6.42 Å². The minimum Gasteiger partial charge on any atom is -0.497 e. The topological polar surface area (TPSA) is 21.3 Å². The van der Waals surface area contributed by atoms with Crippen molar-refractivity contribution in [2.75, 3.05) is 20.2 Å². The zero-order chi connectivity index (χ0) is 10.2. The second-order valence-electron chi connectivity index (χ2n) is 3.35. The molecule has 0 atom stereocenters. The Labute approximate surface area is 86.3 Å². The highest BCUT2D eigenvalue weighted by atomic mass is 16.5. The molecule has 0 amide bonds. The van der Waals surface area contributed by atoms with Crippen molar-refractivity contribution in [3.63, 3.8) is 0 Å². The largest absolute Gasteiger partial charge is 0.497 e. The van der Waals surface area contributed by atoms with Crippen molar-refractivity contribution in [1.82, 2.24) is 5.32 Å². The minimum absolute atomic E-state index is 0.926. The third kappa shape index (κ3) is 3.79. The second-order valence-corrected chi connectivity index (χ2v) is 3.35. The molecular weight excluding hydrogens is 174 g/mol. The van der Waals surface area contributed by atoms with E-state index in [0.29, 0.717) is 0 Å². The Bertz CT molecular complexity index is 243. The summed E-state index contributed by atoms with van der Waals surface area (Å²) in [6, 6.07) is 8.25. The molecule has 0 unspecified atom stereocenters. The molecule has 0 heterocycles. The van der Waals surface area contributed by atoms with E-state index in [1.807, 2.05) is 12.1 Å². The molecule has 0 aromatic heterocycles. The van der Waals surface area contributed by atoms with E-state index in [1.165, 1.54) is 12.0 Å². The summed E-state index contributed by atoms with van der Waals surface area (Å²) < 4.78 is 5.10. The Morgan fingerprint density at radius 1 is 1.14 bits per heavy atom. The van der Waals surface area contributed by atoms with Crippen molar-refractivity contribution < 1.29 is 4.74 Å². The summed E-state index contributed by atoms with van der Waals surface area (Å²) in [4.78, 5) is 0. The highest BCUT2D eigenvalue weighted by molar-refractivity contribution is 5.27. The Kier molecular flexibility index (Phi) is 5.08. The molecule has 78 valence electrons. The summed E-state index contributed by atoms with van der Waals surface area (Å²) in [7, 11) is 1.69. The molecule has 2 heteroatoms. The van der Waals surface area contributed by atoms with E-state index >= 15 is 0 Å². The van der Waals surface area contributed by atoms with Crippen LogP contribution in [0.25, 0.3) is 0 Å². The maximum atomic E-state index is 5.10. The highest BCUT2D eigenvalue weighted by Gasteiger charge is 1.93. The van der Waals surface area contributed by atoms with Crippen LogP contribution in [0.1, 0.15) is 18.9 Å². The minimum atomic E-state index is 0.926. The van der Waals surface area contributed by atoms with Crippen molar-refractivity contribution in [3.8, 4) is 5.75 Å². The number of ether oxygens (including phenoxy) is 1. The van der Waals surface area contributed by atoms with Gasteiger partial charge in [0, 0.05) is 0 Å². The molecule has 14 heavy (non-hydrogen) atoms. The maximum absolute atomic E-state index is 5.10. The van der Waals surface area contributed by atoms with E-state index in [9.17, 15) is 0 Å². The lowest BCUT2D eigenvalue weighted by atomic mass is 10.1. The van der Waals surface area contributed by atoms with Crippen LogP contribution in [0.3, 0.4) is 0 Å². The molecule has 0 radical (unpaired) electrons. The highest BCUT2D eigenvalue weighted by Crippen LogP contribution is 2.11. The number of hydrogen-bond donors (Lipinski definition) is 1.